The predicted molar refractivity (Wildman–Crippen MR) is 101 cm³/mol. The second-order valence-electron chi connectivity index (χ2n) is 5.84. The van der Waals surface area contributed by atoms with E-state index in [1.807, 2.05) is 48.5 Å². The summed E-state index contributed by atoms with van der Waals surface area (Å²) in [6, 6.07) is 24.4. The number of carbonyl (C=O) groups is 1. The molecule has 1 heterocycles. The van der Waals surface area contributed by atoms with E-state index in [0.717, 1.165) is 22.0 Å². The van der Waals surface area contributed by atoms with E-state index in [4.69, 9.17) is 5.26 Å². The first-order valence-corrected chi connectivity index (χ1v) is 8.10. The third-order valence-electron chi connectivity index (χ3n) is 4.18. The Hall–Kier alpha value is -3.91. The lowest BCUT2D eigenvalue weighted by atomic mass is 10.0. The van der Waals surface area contributed by atoms with E-state index in [2.05, 4.69) is 21.6 Å². The van der Waals surface area contributed by atoms with Gasteiger partial charge in [0.15, 0.2) is 5.82 Å². The molecule has 124 valence electrons. The smallest absolute Gasteiger partial charge is 0.256 e. The zero-order chi connectivity index (χ0) is 17.9. The van der Waals surface area contributed by atoms with Crippen molar-refractivity contribution in [1.29, 1.82) is 5.26 Å². The maximum Gasteiger partial charge on any atom is 0.256 e. The van der Waals surface area contributed by atoms with Crippen LogP contribution in [0.15, 0.2) is 72.8 Å². The van der Waals surface area contributed by atoms with Crippen LogP contribution < -0.4 is 5.32 Å². The monoisotopic (exact) mass is 338 g/mol. The number of hydrogen-bond acceptors (Lipinski definition) is 3. The average molecular weight is 338 g/mol. The molecule has 4 rings (SSSR count). The number of amides is 1. The van der Waals surface area contributed by atoms with Gasteiger partial charge < -0.3 is 5.32 Å². The van der Waals surface area contributed by atoms with Gasteiger partial charge in [0.05, 0.1) is 17.1 Å². The van der Waals surface area contributed by atoms with Crippen LogP contribution in [-0.2, 0) is 0 Å². The van der Waals surface area contributed by atoms with Gasteiger partial charge in [0.1, 0.15) is 0 Å². The molecule has 0 saturated heterocycles. The number of benzene rings is 3. The molecule has 2 N–H and O–H groups in total. The minimum atomic E-state index is -0.199. The summed E-state index contributed by atoms with van der Waals surface area (Å²) in [7, 11) is 0. The highest BCUT2D eigenvalue weighted by molar-refractivity contribution is 6.08. The molecule has 0 saturated carbocycles. The second-order valence-corrected chi connectivity index (χ2v) is 5.84. The van der Waals surface area contributed by atoms with Gasteiger partial charge in [0.2, 0.25) is 0 Å². The SMILES string of the molecule is N#Cc1ccc(-c2ccc3c(NC(=O)c4ccccc4)n[nH]c3c2)cc1. The van der Waals surface area contributed by atoms with Crippen LogP contribution in [0.3, 0.4) is 0 Å². The van der Waals surface area contributed by atoms with Crippen molar-refractivity contribution >= 4 is 22.6 Å². The highest BCUT2D eigenvalue weighted by Crippen LogP contribution is 2.27. The average Bonchev–Trinajstić information content (AvgIpc) is 3.10. The van der Waals surface area contributed by atoms with E-state index in [0.29, 0.717) is 16.9 Å². The zero-order valence-electron chi connectivity index (χ0n) is 13.7. The number of nitriles is 1. The van der Waals surface area contributed by atoms with Crippen LogP contribution in [0.25, 0.3) is 22.0 Å². The van der Waals surface area contributed by atoms with Crippen molar-refractivity contribution < 1.29 is 4.79 Å². The summed E-state index contributed by atoms with van der Waals surface area (Å²) in [5.41, 5.74) is 4.05. The van der Waals surface area contributed by atoms with Gasteiger partial charge in [0.25, 0.3) is 5.91 Å². The van der Waals surface area contributed by atoms with Gasteiger partial charge in [-0.3, -0.25) is 9.89 Å². The Morgan fingerprint density at radius 1 is 0.962 bits per heavy atom. The molecule has 26 heavy (non-hydrogen) atoms. The Bertz CT molecular complexity index is 1120. The Morgan fingerprint density at radius 3 is 2.42 bits per heavy atom. The van der Waals surface area contributed by atoms with Crippen LogP contribution in [-0.4, -0.2) is 16.1 Å². The standard InChI is InChI=1S/C21H14N4O/c22-13-14-6-8-15(9-7-14)17-10-11-18-19(12-17)24-25-20(18)23-21(26)16-4-2-1-3-5-16/h1-12H,(H2,23,24,25,26). The molecule has 5 nitrogen and oxygen atoms in total. The third kappa shape index (κ3) is 2.92. The zero-order valence-corrected chi connectivity index (χ0v) is 13.7. The van der Waals surface area contributed by atoms with Gasteiger partial charge in [-0.2, -0.15) is 10.4 Å². The van der Waals surface area contributed by atoms with Crippen LogP contribution >= 0.6 is 0 Å². The third-order valence-corrected chi connectivity index (χ3v) is 4.18. The minimum absolute atomic E-state index is 0.199. The molecule has 0 aliphatic rings. The molecular formula is C21H14N4O. The number of aromatic amines is 1. The van der Waals surface area contributed by atoms with Crippen molar-refractivity contribution in [2.75, 3.05) is 5.32 Å². The number of nitrogens with zero attached hydrogens (tertiary/aromatic N) is 2. The Morgan fingerprint density at radius 2 is 1.69 bits per heavy atom. The summed E-state index contributed by atoms with van der Waals surface area (Å²) in [5, 5.41) is 19.8. The quantitative estimate of drug-likeness (QED) is 0.582. The van der Waals surface area contributed by atoms with E-state index in [1.165, 1.54) is 0 Å². The largest absolute Gasteiger partial charge is 0.305 e. The number of aromatic nitrogens is 2. The highest BCUT2D eigenvalue weighted by Gasteiger charge is 2.11. The van der Waals surface area contributed by atoms with E-state index in [9.17, 15) is 4.79 Å². The lowest BCUT2D eigenvalue weighted by Crippen LogP contribution is -2.12. The predicted octanol–water partition coefficient (Wildman–Crippen LogP) is 4.35. The summed E-state index contributed by atoms with van der Waals surface area (Å²) in [5.74, 6) is 0.301. The Kier molecular flexibility index (Phi) is 3.92. The van der Waals surface area contributed by atoms with Crippen molar-refractivity contribution in [1.82, 2.24) is 10.2 Å². The Labute approximate surface area is 149 Å². The molecule has 4 aromatic rings. The molecule has 1 amide bonds. The van der Waals surface area contributed by atoms with Crippen LogP contribution in [0.4, 0.5) is 5.82 Å². The van der Waals surface area contributed by atoms with Crippen molar-refractivity contribution in [2.45, 2.75) is 0 Å². The first-order valence-electron chi connectivity index (χ1n) is 8.10. The molecule has 0 fully saturated rings. The molecule has 0 aliphatic carbocycles. The van der Waals surface area contributed by atoms with Crippen molar-refractivity contribution in [3.8, 4) is 17.2 Å². The fourth-order valence-electron chi connectivity index (χ4n) is 2.80. The minimum Gasteiger partial charge on any atom is -0.305 e. The van der Waals surface area contributed by atoms with Gasteiger partial charge in [-0.1, -0.05) is 36.4 Å². The van der Waals surface area contributed by atoms with E-state index in [1.54, 1.807) is 24.3 Å². The number of carbonyl (C=O) groups excluding carboxylic acids is 1. The first-order chi connectivity index (χ1) is 12.7. The summed E-state index contributed by atoms with van der Waals surface area (Å²) >= 11 is 0. The second kappa shape index (κ2) is 6.54. The van der Waals surface area contributed by atoms with Gasteiger partial charge in [-0.25, -0.2) is 0 Å². The lowest BCUT2D eigenvalue weighted by molar-refractivity contribution is 0.102. The summed E-state index contributed by atoms with van der Waals surface area (Å²) < 4.78 is 0. The van der Waals surface area contributed by atoms with Gasteiger partial charge in [-0.05, 0) is 47.5 Å². The molecule has 3 aromatic carbocycles. The molecule has 0 spiro atoms. The molecule has 0 radical (unpaired) electrons. The number of fused-ring (bicyclic) bond motifs is 1. The summed E-state index contributed by atoms with van der Waals surface area (Å²) in [4.78, 5) is 12.3. The molecule has 0 unspecified atom stereocenters. The fraction of sp³-hybridized carbons (Fsp3) is 0. The van der Waals surface area contributed by atoms with Crippen LogP contribution in [0.2, 0.25) is 0 Å². The van der Waals surface area contributed by atoms with Gasteiger partial charge in [0, 0.05) is 10.9 Å². The van der Waals surface area contributed by atoms with E-state index < -0.39 is 0 Å². The van der Waals surface area contributed by atoms with E-state index in [-0.39, 0.29) is 5.91 Å². The number of anilines is 1. The van der Waals surface area contributed by atoms with Crippen molar-refractivity contribution in [3.63, 3.8) is 0 Å². The molecule has 0 atom stereocenters. The summed E-state index contributed by atoms with van der Waals surface area (Å²) in [6.07, 6.45) is 0. The van der Waals surface area contributed by atoms with Crippen molar-refractivity contribution in [3.05, 3.63) is 83.9 Å². The normalized spacial score (nSPS) is 10.4. The number of hydrogen-bond donors (Lipinski definition) is 2. The van der Waals surface area contributed by atoms with Gasteiger partial charge >= 0.3 is 0 Å². The maximum atomic E-state index is 12.3. The van der Waals surface area contributed by atoms with Crippen molar-refractivity contribution in [2.24, 2.45) is 0 Å². The van der Waals surface area contributed by atoms with E-state index >= 15 is 0 Å². The molecule has 1 aromatic heterocycles. The molecule has 0 bridgehead atoms. The maximum absolute atomic E-state index is 12.3. The molecular weight excluding hydrogens is 324 g/mol. The lowest BCUT2D eigenvalue weighted by Gasteiger charge is -2.04. The summed E-state index contributed by atoms with van der Waals surface area (Å²) in [6.45, 7) is 0. The number of nitrogens with one attached hydrogen (secondary N) is 2. The van der Waals surface area contributed by atoms with Crippen LogP contribution in [0, 0.1) is 11.3 Å². The molecule has 5 heteroatoms. The highest BCUT2D eigenvalue weighted by atomic mass is 16.1. The Balaban J connectivity index is 1.63. The number of rotatable bonds is 3. The van der Waals surface area contributed by atoms with Crippen LogP contribution in [0.1, 0.15) is 15.9 Å². The van der Waals surface area contributed by atoms with Gasteiger partial charge in [-0.15, -0.1) is 0 Å². The molecule has 0 aliphatic heterocycles. The number of H-pyrrole nitrogens is 1. The van der Waals surface area contributed by atoms with Crippen LogP contribution in [0.5, 0.6) is 0 Å². The fourth-order valence-corrected chi connectivity index (χ4v) is 2.80. The first kappa shape index (κ1) is 15.6. The topological polar surface area (TPSA) is 81.6 Å².